The van der Waals surface area contributed by atoms with Gasteiger partial charge in [-0.3, -0.25) is 9.69 Å². The predicted molar refractivity (Wildman–Crippen MR) is 106 cm³/mol. The van der Waals surface area contributed by atoms with E-state index in [-0.39, 0.29) is 11.9 Å². The number of ether oxygens (including phenoxy) is 1. The first-order chi connectivity index (χ1) is 13.1. The van der Waals surface area contributed by atoms with E-state index in [2.05, 4.69) is 27.1 Å². The molecule has 0 spiro atoms. The summed E-state index contributed by atoms with van der Waals surface area (Å²) in [7, 11) is 1.64. The molecule has 1 saturated heterocycles. The molecule has 0 radical (unpaired) electrons. The molecule has 0 saturated carbocycles. The maximum absolute atomic E-state index is 12.9. The van der Waals surface area contributed by atoms with Crippen LogP contribution < -0.4 is 15.0 Å². The van der Waals surface area contributed by atoms with Gasteiger partial charge in [0.1, 0.15) is 5.75 Å². The van der Waals surface area contributed by atoms with Crippen LogP contribution in [0.2, 0.25) is 0 Å². The van der Waals surface area contributed by atoms with Crippen molar-refractivity contribution in [3.63, 3.8) is 0 Å². The van der Waals surface area contributed by atoms with E-state index in [4.69, 9.17) is 4.74 Å². The van der Waals surface area contributed by atoms with Crippen LogP contribution in [0.15, 0.2) is 36.7 Å². The standard InChI is InChI=1S/C20H27N5O2/c1-4-9-21-20-22-12-16(13-23-20)14-24-10-11-25(19(26)15(24)2)17-5-7-18(27-3)8-6-17/h5-8,12-13,15H,4,9-11,14H2,1-3H3,(H,21,22,23)/t15-/m0/s1. The normalized spacial score (nSPS) is 17.8. The second-order valence-electron chi connectivity index (χ2n) is 6.68. The average molecular weight is 369 g/mol. The molecule has 144 valence electrons. The molecule has 1 aliphatic heterocycles. The smallest absolute Gasteiger partial charge is 0.244 e. The van der Waals surface area contributed by atoms with Crippen LogP contribution in [0.4, 0.5) is 11.6 Å². The SMILES string of the molecule is CCCNc1ncc(CN2CCN(c3ccc(OC)cc3)C(=O)[C@@H]2C)cn1. The summed E-state index contributed by atoms with van der Waals surface area (Å²) in [6.45, 7) is 7.04. The van der Waals surface area contributed by atoms with Crippen LogP contribution in [0.1, 0.15) is 25.8 Å². The fraction of sp³-hybridized carbons (Fsp3) is 0.450. The average Bonchev–Trinajstić information content (AvgIpc) is 2.71. The first-order valence-electron chi connectivity index (χ1n) is 9.36. The van der Waals surface area contributed by atoms with Gasteiger partial charge in [-0.2, -0.15) is 0 Å². The third kappa shape index (κ3) is 4.54. The number of nitrogens with one attached hydrogen (secondary N) is 1. The van der Waals surface area contributed by atoms with Crippen molar-refractivity contribution in [2.45, 2.75) is 32.9 Å². The molecule has 1 fully saturated rings. The van der Waals surface area contributed by atoms with E-state index in [0.717, 1.165) is 36.5 Å². The highest BCUT2D eigenvalue weighted by Gasteiger charge is 2.32. The number of piperazine rings is 1. The van der Waals surface area contributed by atoms with Gasteiger partial charge >= 0.3 is 0 Å². The number of carbonyl (C=O) groups excluding carboxylic acids is 1. The molecule has 0 bridgehead atoms. The first kappa shape index (κ1) is 19.1. The molecule has 1 aliphatic rings. The predicted octanol–water partition coefficient (Wildman–Crippen LogP) is 2.54. The van der Waals surface area contributed by atoms with E-state index in [1.807, 2.05) is 48.5 Å². The largest absolute Gasteiger partial charge is 0.497 e. The molecule has 1 aromatic carbocycles. The van der Waals surface area contributed by atoms with Gasteiger partial charge in [0, 0.05) is 49.8 Å². The lowest BCUT2D eigenvalue weighted by molar-refractivity contribution is -0.125. The minimum atomic E-state index is -0.196. The molecule has 3 rings (SSSR count). The van der Waals surface area contributed by atoms with Crippen molar-refractivity contribution in [1.82, 2.24) is 14.9 Å². The van der Waals surface area contributed by atoms with E-state index in [1.54, 1.807) is 7.11 Å². The zero-order valence-electron chi connectivity index (χ0n) is 16.2. The molecule has 0 unspecified atom stereocenters. The number of aromatic nitrogens is 2. The number of methoxy groups -OCH3 is 1. The Hall–Kier alpha value is -2.67. The molecule has 1 amide bonds. The quantitative estimate of drug-likeness (QED) is 0.809. The maximum atomic E-state index is 12.9. The van der Waals surface area contributed by atoms with Crippen LogP contribution in [0.5, 0.6) is 5.75 Å². The van der Waals surface area contributed by atoms with E-state index < -0.39 is 0 Å². The summed E-state index contributed by atoms with van der Waals surface area (Å²) in [5, 5.41) is 3.17. The highest BCUT2D eigenvalue weighted by atomic mass is 16.5. The van der Waals surface area contributed by atoms with E-state index in [1.165, 1.54) is 0 Å². The summed E-state index contributed by atoms with van der Waals surface area (Å²) < 4.78 is 5.19. The molecule has 1 atom stereocenters. The van der Waals surface area contributed by atoms with Crippen molar-refractivity contribution in [2.75, 3.05) is 37.0 Å². The summed E-state index contributed by atoms with van der Waals surface area (Å²) in [5.74, 6) is 1.54. The molecule has 2 aromatic rings. The highest BCUT2D eigenvalue weighted by molar-refractivity contribution is 5.97. The number of amides is 1. The Bertz CT molecular complexity index is 748. The van der Waals surface area contributed by atoms with Gasteiger partial charge in [0.2, 0.25) is 11.9 Å². The lowest BCUT2D eigenvalue weighted by Crippen LogP contribution is -2.55. The van der Waals surface area contributed by atoms with Crippen molar-refractivity contribution in [3.05, 3.63) is 42.2 Å². The molecule has 0 aliphatic carbocycles. The zero-order chi connectivity index (χ0) is 19.2. The number of nitrogens with zero attached hydrogens (tertiary/aromatic N) is 4. The lowest BCUT2D eigenvalue weighted by atomic mass is 10.1. The maximum Gasteiger partial charge on any atom is 0.244 e. The van der Waals surface area contributed by atoms with Crippen LogP contribution in [-0.4, -0.2) is 53.6 Å². The molecule has 7 nitrogen and oxygen atoms in total. The van der Waals surface area contributed by atoms with E-state index in [9.17, 15) is 4.79 Å². The third-order valence-electron chi connectivity index (χ3n) is 4.79. The Labute approximate surface area is 160 Å². The second kappa shape index (κ2) is 8.81. The van der Waals surface area contributed by atoms with Gasteiger partial charge in [-0.15, -0.1) is 0 Å². The Morgan fingerprint density at radius 1 is 1.19 bits per heavy atom. The lowest BCUT2D eigenvalue weighted by Gasteiger charge is -2.39. The van der Waals surface area contributed by atoms with Gasteiger partial charge in [-0.1, -0.05) is 6.92 Å². The highest BCUT2D eigenvalue weighted by Crippen LogP contribution is 2.24. The van der Waals surface area contributed by atoms with Crippen LogP contribution in [-0.2, 0) is 11.3 Å². The van der Waals surface area contributed by atoms with Crippen molar-refractivity contribution in [2.24, 2.45) is 0 Å². The molecule has 1 aromatic heterocycles. The Morgan fingerprint density at radius 3 is 2.52 bits per heavy atom. The van der Waals surface area contributed by atoms with Crippen LogP contribution in [0.25, 0.3) is 0 Å². The van der Waals surface area contributed by atoms with E-state index >= 15 is 0 Å². The van der Waals surface area contributed by atoms with E-state index in [0.29, 0.717) is 19.0 Å². The van der Waals surface area contributed by atoms with Crippen LogP contribution in [0, 0.1) is 0 Å². The van der Waals surface area contributed by atoms with Crippen LogP contribution in [0.3, 0.4) is 0 Å². The molecular formula is C20H27N5O2. The Morgan fingerprint density at radius 2 is 1.89 bits per heavy atom. The minimum Gasteiger partial charge on any atom is -0.497 e. The van der Waals surface area contributed by atoms with Gasteiger partial charge in [-0.05, 0) is 37.6 Å². The van der Waals surface area contributed by atoms with Crippen molar-refractivity contribution >= 4 is 17.5 Å². The van der Waals surface area contributed by atoms with Crippen molar-refractivity contribution in [1.29, 1.82) is 0 Å². The fourth-order valence-electron chi connectivity index (χ4n) is 3.15. The van der Waals surface area contributed by atoms with Crippen molar-refractivity contribution in [3.8, 4) is 5.75 Å². The molecule has 27 heavy (non-hydrogen) atoms. The summed E-state index contributed by atoms with van der Waals surface area (Å²) >= 11 is 0. The molecular weight excluding hydrogens is 342 g/mol. The topological polar surface area (TPSA) is 70.6 Å². The molecule has 7 heteroatoms. The molecule has 2 heterocycles. The number of hydrogen-bond donors (Lipinski definition) is 1. The van der Waals surface area contributed by atoms with Gasteiger partial charge in [-0.25, -0.2) is 9.97 Å². The minimum absolute atomic E-state index is 0.105. The fourth-order valence-corrected chi connectivity index (χ4v) is 3.15. The number of anilines is 2. The van der Waals surface area contributed by atoms with Crippen LogP contribution >= 0.6 is 0 Å². The summed E-state index contributed by atoms with van der Waals surface area (Å²) in [6.07, 6.45) is 4.69. The summed E-state index contributed by atoms with van der Waals surface area (Å²) in [4.78, 5) is 25.6. The molecule has 1 N–H and O–H groups in total. The number of benzene rings is 1. The number of rotatable bonds is 7. The number of carbonyl (C=O) groups is 1. The Balaban J connectivity index is 1.62. The Kier molecular flexibility index (Phi) is 6.24. The van der Waals surface area contributed by atoms with Gasteiger partial charge in [0.15, 0.2) is 0 Å². The summed E-state index contributed by atoms with van der Waals surface area (Å²) in [6, 6.07) is 7.42. The monoisotopic (exact) mass is 369 g/mol. The van der Waals surface area contributed by atoms with Crippen molar-refractivity contribution < 1.29 is 9.53 Å². The number of hydrogen-bond acceptors (Lipinski definition) is 6. The summed E-state index contributed by atoms with van der Waals surface area (Å²) in [5.41, 5.74) is 1.91. The van der Waals surface area contributed by atoms with Gasteiger partial charge in [0.05, 0.1) is 13.2 Å². The zero-order valence-corrected chi connectivity index (χ0v) is 16.2. The third-order valence-corrected chi connectivity index (χ3v) is 4.79. The second-order valence-corrected chi connectivity index (χ2v) is 6.68. The van der Waals surface area contributed by atoms with Gasteiger partial charge < -0.3 is 15.0 Å². The first-order valence-corrected chi connectivity index (χ1v) is 9.36. The van der Waals surface area contributed by atoms with Gasteiger partial charge in [0.25, 0.3) is 0 Å².